The molecule has 0 aromatic heterocycles. The smallest absolute Gasteiger partial charge is 0.303 e. The van der Waals surface area contributed by atoms with E-state index in [4.69, 9.17) is 5.11 Å². The van der Waals surface area contributed by atoms with Crippen molar-refractivity contribution >= 4 is 17.6 Å². The summed E-state index contributed by atoms with van der Waals surface area (Å²) in [5, 5.41) is 8.72. The summed E-state index contributed by atoms with van der Waals surface area (Å²) in [5.41, 5.74) is 2.98. The van der Waals surface area contributed by atoms with Gasteiger partial charge in [0.15, 0.2) is 0 Å². The Labute approximate surface area is 113 Å². The van der Waals surface area contributed by atoms with E-state index in [-0.39, 0.29) is 12.3 Å². The third-order valence-corrected chi connectivity index (χ3v) is 3.52. The Hall–Kier alpha value is -1.84. The molecule has 1 saturated heterocycles. The maximum absolute atomic E-state index is 12.0. The molecular weight excluding hydrogens is 242 g/mol. The lowest BCUT2D eigenvalue weighted by Gasteiger charge is -2.28. The first-order valence-electron chi connectivity index (χ1n) is 6.69. The molecule has 0 radical (unpaired) electrons. The van der Waals surface area contributed by atoms with Gasteiger partial charge < -0.3 is 10.0 Å². The van der Waals surface area contributed by atoms with Crippen LogP contribution in [0, 0.1) is 6.92 Å². The van der Waals surface area contributed by atoms with Gasteiger partial charge in [0.1, 0.15) is 0 Å². The minimum Gasteiger partial charge on any atom is -0.481 e. The number of nitrogens with zero attached hydrogens (tertiary/aromatic N) is 1. The molecule has 1 fully saturated rings. The largest absolute Gasteiger partial charge is 0.481 e. The van der Waals surface area contributed by atoms with Crippen LogP contribution in [0.15, 0.2) is 18.2 Å². The van der Waals surface area contributed by atoms with Gasteiger partial charge in [-0.3, -0.25) is 9.59 Å². The van der Waals surface area contributed by atoms with Crippen LogP contribution < -0.4 is 4.90 Å². The van der Waals surface area contributed by atoms with Crippen molar-refractivity contribution in [3.05, 3.63) is 29.3 Å². The first-order chi connectivity index (χ1) is 9.08. The van der Waals surface area contributed by atoms with Crippen LogP contribution in [-0.2, 0) is 16.0 Å². The normalized spacial score (nSPS) is 15.6. The molecule has 1 amide bonds. The third kappa shape index (κ3) is 3.34. The van der Waals surface area contributed by atoms with E-state index in [1.165, 1.54) is 0 Å². The molecule has 0 saturated carbocycles. The highest BCUT2D eigenvalue weighted by Gasteiger charge is 2.21. The molecule has 1 aliphatic heterocycles. The number of aliphatic carboxylic acids is 1. The first kappa shape index (κ1) is 13.6. The van der Waals surface area contributed by atoms with Crippen molar-refractivity contribution in [2.24, 2.45) is 0 Å². The Morgan fingerprint density at radius 2 is 2.16 bits per heavy atom. The molecule has 0 bridgehead atoms. The molecule has 2 rings (SSSR count). The lowest BCUT2D eigenvalue weighted by molar-refractivity contribution is -0.137. The second kappa shape index (κ2) is 5.87. The number of benzene rings is 1. The van der Waals surface area contributed by atoms with Gasteiger partial charge >= 0.3 is 5.97 Å². The standard InChI is InChI=1S/C15H19NO3/c1-11-5-6-12(7-8-15(18)19)10-13(11)16-9-3-2-4-14(16)17/h5-6,10H,2-4,7-9H2,1H3,(H,18,19). The molecule has 1 N–H and O–H groups in total. The SMILES string of the molecule is Cc1ccc(CCC(=O)O)cc1N1CCCCC1=O. The number of rotatable bonds is 4. The number of amides is 1. The summed E-state index contributed by atoms with van der Waals surface area (Å²) in [4.78, 5) is 24.4. The predicted molar refractivity (Wildman–Crippen MR) is 73.3 cm³/mol. The van der Waals surface area contributed by atoms with Crippen molar-refractivity contribution in [2.45, 2.75) is 39.0 Å². The average Bonchev–Trinajstić information content (AvgIpc) is 2.38. The molecule has 1 aromatic rings. The second-order valence-corrected chi connectivity index (χ2v) is 5.02. The molecule has 1 aromatic carbocycles. The molecule has 1 aliphatic rings. The molecule has 1 heterocycles. The number of piperidine rings is 1. The zero-order chi connectivity index (χ0) is 13.8. The fourth-order valence-corrected chi connectivity index (χ4v) is 2.41. The van der Waals surface area contributed by atoms with E-state index in [9.17, 15) is 9.59 Å². The summed E-state index contributed by atoms with van der Waals surface area (Å²) in [5.74, 6) is -0.624. The third-order valence-electron chi connectivity index (χ3n) is 3.52. The van der Waals surface area contributed by atoms with Gasteiger partial charge in [0.25, 0.3) is 0 Å². The van der Waals surface area contributed by atoms with E-state index in [1.807, 2.05) is 30.0 Å². The van der Waals surface area contributed by atoms with Crippen LogP contribution in [0.3, 0.4) is 0 Å². The Morgan fingerprint density at radius 1 is 1.37 bits per heavy atom. The molecule has 0 unspecified atom stereocenters. The van der Waals surface area contributed by atoms with Crippen LogP contribution in [-0.4, -0.2) is 23.5 Å². The molecule has 102 valence electrons. The fraction of sp³-hybridized carbons (Fsp3) is 0.467. The summed E-state index contributed by atoms with van der Waals surface area (Å²) in [6.45, 7) is 2.75. The minimum absolute atomic E-state index is 0.121. The molecule has 4 nitrogen and oxygen atoms in total. The van der Waals surface area contributed by atoms with Gasteiger partial charge in [-0.05, 0) is 43.4 Å². The Balaban J connectivity index is 2.21. The number of aryl methyl sites for hydroxylation is 2. The van der Waals surface area contributed by atoms with Gasteiger partial charge in [-0.15, -0.1) is 0 Å². The molecule has 0 spiro atoms. The van der Waals surface area contributed by atoms with Gasteiger partial charge in [0, 0.05) is 25.1 Å². The molecule has 19 heavy (non-hydrogen) atoms. The maximum Gasteiger partial charge on any atom is 0.303 e. The average molecular weight is 261 g/mol. The van der Waals surface area contributed by atoms with E-state index < -0.39 is 5.97 Å². The summed E-state index contributed by atoms with van der Waals surface area (Å²) in [7, 11) is 0. The first-order valence-corrected chi connectivity index (χ1v) is 6.69. The number of anilines is 1. The van der Waals surface area contributed by atoms with Gasteiger partial charge in [0.2, 0.25) is 5.91 Å². The number of carbonyl (C=O) groups excluding carboxylic acids is 1. The molecule has 4 heteroatoms. The second-order valence-electron chi connectivity index (χ2n) is 5.02. The van der Waals surface area contributed by atoms with Crippen LogP contribution in [0.2, 0.25) is 0 Å². The van der Waals surface area contributed by atoms with Crippen molar-refractivity contribution in [3.63, 3.8) is 0 Å². The lowest BCUT2D eigenvalue weighted by atomic mass is 10.0. The zero-order valence-corrected chi connectivity index (χ0v) is 11.2. The molecule has 0 aliphatic carbocycles. The van der Waals surface area contributed by atoms with Crippen LogP contribution in [0.4, 0.5) is 5.69 Å². The van der Waals surface area contributed by atoms with Crippen molar-refractivity contribution in [3.8, 4) is 0 Å². The minimum atomic E-state index is -0.795. The van der Waals surface area contributed by atoms with Crippen LogP contribution in [0.25, 0.3) is 0 Å². The highest BCUT2D eigenvalue weighted by Crippen LogP contribution is 2.26. The quantitative estimate of drug-likeness (QED) is 0.906. The Morgan fingerprint density at radius 3 is 2.84 bits per heavy atom. The van der Waals surface area contributed by atoms with Crippen LogP contribution in [0.1, 0.15) is 36.8 Å². The maximum atomic E-state index is 12.0. The van der Waals surface area contributed by atoms with Gasteiger partial charge in [0.05, 0.1) is 0 Å². The van der Waals surface area contributed by atoms with Crippen molar-refractivity contribution in [1.29, 1.82) is 0 Å². The van der Waals surface area contributed by atoms with E-state index in [2.05, 4.69) is 0 Å². The van der Waals surface area contributed by atoms with Crippen molar-refractivity contribution in [1.82, 2.24) is 0 Å². The van der Waals surface area contributed by atoms with E-state index >= 15 is 0 Å². The Kier molecular flexibility index (Phi) is 4.20. The Bertz CT molecular complexity index is 496. The fourth-order valence-electron chi connectivity index (χ4n) is 2.41. The highest BCUT2D eigenvalue weighted by atomic mass is 16.4. The number of carboxylic acids is 1. The monoisotopic (exact) mass is 261 g/mol. The summed E-state index contributed by atoms with van der Waals surface area (Å²) >= 11 is 0. The number of carbonyl (C=O) groups is 2. The lowest BCUT2D eigenvalue weighted by Crippen LogP contribution is -2.35. The van der Waals surface area contributed by atoms with Gasteiger partial charge in [-0.1, -0.05) is 12.1 Å². The summed E-state index contributed by atoms with van der Waals surface area (Å²) < 4.78 is 0. The van der Waals surface area contributed by atoms with E-state index in [1.54, 1.807) is 0 Å². The van der Waals surface area contributed by atoms with Crippen molar-refractivity contribution < 1.29 is 14.7 Å². The van der Waals surface area contributed by atoms with Gasteiger partial charge in [-0.25, -0.2) is 0 Å². The number of hydrogen-bond acceptors (Lipinski definition) is 2. The summed E-state index contributed by atoms with van der Waals surface area (Å²) in [6, 6.07) is 5.87. The van der Waals surface area contributed by atoms with Crippen molar-refractivity contribution in [2.75, 3.05) is 11.4 Å². The van der Waals surface area contributed by atoms with Crippen LogP contribution in [0.5, 0.6) is 0 Å². The van der Waals surface area contributed by atoms with E-state index in [0.717, 1.165) is 36.2 Å². The topological polar surface area (TPSA) is 57.6 Å². The molecule has 0 atom stereocenters. The number of carboxylic acid groups (broad SMARTS) is 1. The predicted octanol–water partition coefficient (Wildman–Crippen LogP) is 2.53. The molecular formula is C15H19NO3. The highest BCUT2D eigenvalue weighted by molar-refractivity contribution is 5.94. The van der Waals surface area contributed by atoms with E-state index in [0.29, 0.717) is 12.8 Å². The summed E-state index contributed by atoms with van der Waals surface area (Å²) in [6.07, 6.45) is 3.23. The zero-order valence-electron chi connectivity index (χ0n) is 11.2. The number of hydrogen-bond donors (Lipinski definition) is 1. The van der Waals surface area contributed by atoms with Crippen LogP contribution >= 0.6 is 0 Å². The van der Waals surface area contributed by atoms with Gasteiger partial charge in [-0.2, -0.15) is 0 Å².